The van der Waals surface area contributed by atoms with Crippen LogP contribution in [-0.4, -0.2) is 35.1 Å². The van der Waals surface area contributed by atoms with Crippen LogP contribution in [-0.2, 0) is 5.60 Å². The van der Waals surface area contributed by atoms with Crippen molar-refractivity contribution in [3.63, 3.8) is 0 Å². The molecule has 1 saturated heterocycles. The van der Waals surface area contributed by atoms with Crippen LogP contribution in [0.3, 0.4) is 0 Å². The number of benzene rings is 2. The van der Waals surface area contributed by atoms with Gasteiger partial charge in [-0.15, -0.1) is 0 Å². The molecule has 5 nitrogen and oxygen atoms in total. The van der Waals surface area contributed by atoms with Gasteiger partial charge >= 0.3 is 0 Å². The predicted octanol–water partition coefficient (Wildman–Crippen LogP) is 3.40. The molecule has 0 bridgehead atoms. The third-order valence-corrected chi connectivity index (χ3v) is 5.13. The maximum atomic E-state index is 15.6. The topological polar surface area (TPSA) is 59.3 Å². The average molecular weight is 385 g/mol. The van der Waals surface area contributed by atoms with Crippen molar-refractivity contribution in [2.24, 2.45) is 0 Å². The van der Waals surface area contributed by atoms with E-state index in [-0.39, 0.29) is 11.4 Å². The number of hydrogen-bond acceptors (Lipinski definition) is 4. The van der Waals surface area contributed by atoms with E-state index in [0.717, 1.165) is 0 Å². The van der Waals surface area contributed by atoms with E-state index in [0.29, 0.717) is 42.9 Å². The molecule has 2 N–H and O–H groups in total. The van der Waals surface area contributed by atoms with Gasteiger partial charge in [0.15, 0.2) is 5.82 Å². The third-order valence-electron chi connectivity index (χ3n) is 5.13. The fourth-order valence-corrected chi connectivity index (χ4v) is 3.54. The lowest BCUT2D eigenvalue weighted by Crippen LogP contribution is -2.40. The number of hydrogen-bond donors (Lipinski definition) is 2. The third kappa shape index (κ3) is 3.27. The summed E-state index contributed by atoms with van der Waals surface area (Å²) in [5.41, 5.74) is -0.0490. The smallest absolute Gasteiger partial charge is 0.175 e. The maximum Gasteiger partial charge on any atom is 0.175 e. The molecule has 0 amide bonds. The Morgan fingerprint density at radius 1 is 1.04 bits per heavy atom. The van der Waals surface area contributed by atoms with Crippen LogP contribution in [0.5, 0.6) is 5.75 Å². The zero-order valence-electron chi connectivity index (χ0n) is 15.5. The zero-order valence-corrected chi connectivity index (χ0v) is 15.5. The summed E-state index contributed by atoms with van der Waals surface area (Å²) >= 11 is 0. The fourth-order valence-electron chi connectivity index (χ4n) is 3.54. The van der Waals surface area contributed by atoms with E-state index in [9.17, 15) is 9.50 Å². The molecular formula is C21H21F2N3O2. The van der Waals surface area contributed by atoms with Crippen LogP contribution in [0.2, 0.25) is 0 Å². The maximum absolute atomic E-state index is 15.6. The standard InChI is InChI=1S/C21H21F2N3O2/c1-28-17-8-6-16(7-9-17)26-19(14-2-4-15(22)5-3-14)18(23)20(25-26)21(27)10-12-24-13-11-21/h2-9,24,27H,10-13H2,1H3. The molecule has 0 radical (unpaired) electrons. The number of ether oxygens (including phenoxy) is 1. The first-order valence-electron chi connectivity index (χ1n) is 9.14. The van der Waals surface area contributed by atoms with Gasteiger partial charge in [0.1, 0.15) is 28.6 Å². The number of halogens is 2. The summed E-state index contributed by atoms with van der Waals surface area (Å²) < 4.78 is 35.6. The molecule has 28 heavy (non-hydrogen) atoms. The molecule has 146 valence electrons. The number of nitrogens with one attached hydrogen (secondary N) is 1. The highest BCUT2D eigenvalue weighted by Gasteiger charge is 2.38. The van der Waals surface area contributed by atoms with Crippen molar-refractivity contribution in [3.8, 4) is 22.7 Å². The first-order chi connectivity index (χ1) is 13.5. The Labute approximate surface area is 161 Å². The molecule has 1 fully saturated rings. The SMILES string of the molecule is COc1ccc(-n2nc(C3(O)CCNCC3)c(F)c2-c2ccc(F)cc2)cc1. The van der Waals surface area contributed by atoms with E-state index in [2.05, 4.69) is 10.4 Å². The number of nitrogens with zero attached hydrogens (tertiary/aromatic N) is 2. The van der Waals surface area contributed by atoms with Crippen molar-refractivity contribution >= 4 is 0 Å². The molecule has 1 aliphatic rings. The molecule has 2 heterocycles. The van der Waals surface area contributed by atoms with Crippen LogP contribution in [0.1, 0.15) is 18.5 Å². The van der Waals surface area contributed by atoms with Gasteiger partial charge in [0.05, 0.1) is 12.8 Å². The highest BCUT2D eigenvalue weighted by Crippen LogP contribution is 2.37. The molecule has 0 spiro atoms. The molecule has 1 aliphatic heterocycles. The van der Waals surface area contributed by atoms with Crippen LogP contribution < -0.4 is 10.1 Å². The molecule has 7 heteroatoms. The van der Waals surface area contributed by atoms with E-state index >= 15 is 4.39 Å². The van der Waals surface area contributed by atoms with Gasteiger partial charge < -0.3 is 15.2 Å². The lowest BCUT2D eigenvalue weighted by molar-refractivity contribution is -0.00148. The Morgan fingerprint density at radius 2 is 1.68 bits per heavy atom. The largest absolute Gasteiger partial charge is 0.497 e. The summed E-state index contributed by atoms with van der Waals surface area (Å²) in [6, 6.07) is 12.6. The Kier molecular flexibility index (Phi) is 4.87. The van der Waals surface area contributed by atoms with Crippen molar-refractivity contribution < 1.29 is 18.6 Å². The van der Waals surface area contributed by atoms with Crippen molar-refractivity contribution in [2.75, 3.05) is 20.2 Å². The second-order valence-corrected chi connectivity index (χ2v) is 6.91. The molecule has 0 unspecified atom stereocenters. The van der Waals surface area contributed by atoms with Crippen molar-refractivity contribution in [1.29, 1.82) is 0 Å². The number of methoxy groups -OCH3 is 1. The first kappa shape index (κ1) is 18.6. The molecule has 0 atom stereocenters. The fraction of sp³-hybridized carbons (Fsp3) is 0.286. The molecule has 3 aromatic rings. The van der Waals surface area contributed by atoms with E-state index in [1.54, 1.807) is 31.4 Å². The first-order valence-corrected chi connectivity index (χ1v) is 9.14. The predicted molar refractivity (Wildman–Crippen MR) is 101 cm³/mol. The molecule has 0 aliphatic carbocycles. The monoisotopic (exact) mass is 385 g/mol. The summed E-state index contributed by atoms with van der Waals surface area (Å²) in [4.78, 5) is 0. The zero-order chi connectivity index (χ0) is 19.7. The Bertz CT molecular complexity index is 963. The van der Waals surface area contributed by atoms with Crippen molar-refractivity contribution in [2.45, 2.75) is 18.4 Å². The molecular weight excluding hydrogens is 364 g/mol. The van der Waals surface area contributed by atoms with Gasteiger partial charge in [-0.1, -0.05) is 0 Å². The summed E-state index contributed by atoms with van der Waals surface area (Å²) in [7, 11) is 1.57. The van der Waals surface area contributed by atoms with Gasteiger partial charge in [0.2, 0.25) is 0 Å². The van der Waals surface area contributed by atoms with Crippen LogP contribution in [0.4, 0.5) is 8.78 Å². The van der Waals surface area contributed by atoms with E-state index < -0.39 is 17.2 Å². The summed E-state index contributed by atoms with van der Waals surface area (Å²) in [6.45, 7) is 1.16. The summed E-state index contributed by atoms with van der Waals surface area (Å²) in [5, 5.41) is 18.7. The Hall–Kier alpha value is -2.77. The molecule has 1 aromatic heterocycles. The van der Waals surface area contributed by atoms with E-state index in [1.165, 1.54) is 28.9 Å². The van der Waals surface area contributed by atoms with Crippen LogP contribution in [0.25, 0.3) is 16.9 Å². The van der Waals surface area contributed by atoms with Gasteiger partial charge in [0, 0.05) is 5.56 Å². The van der Waals surface area contributed by atoms with Gasteiger partial charge in [-0.05, 0) is 74.5 Å². The minimum atomic E-state index is -1.35. The van der Waals surface area contributed by atoms with Gasteiger partial charge in [-0.25, -0.2) is 13.5 Å². The summed E-state index contributed by atoms with van der Waals surface area (Å²) in [6.07, 6.45) is 0.735. The normalized spacial score (nSPS) is 16.1. The minimum Gasteiger partial charge on any atom is -0.497 e. The van der Waals surface area contributed by atoms with E-state index in [1.807, 2.05) is 0 Å². The molecule has 4 rings (SSSR count). The molecule has 0 saturated carbocycles. The minimum absolute atomic E-state index is 0.0177. The van der Waals surface area contributed by atoms with Crippen molar-refractivity contribution in [1.82, 2.24) is 15.1 Å². The second-order valence-electron chi connectivity index (χ2n) is 6.91. The Balaban J connectivity index is 1.89. The number of piperidine rings is 1. The van der Waals surface area contributed by atoms with Gasteiger partial charge in [-0.2, -0.15) is 5.10 Å². The number of aliphatic hydroxyl groups is 1. The highest BCUT2D eigenvalue weighted by atomic mass is 19.1. The number of aromatic nitrogens is 2. The van der Waals surface area contributed by atoms with Gasteiger partial charge in [-0.3, -0.25) is 0 Å². The van der Waals surface area contributed by atoms with Crippen molar-refractivity contribution in [3.05, 3.63) is 65.9 Å². The lowest BCUT2D eigenvalue weighted by atomic mass is 9.88. The van der Waals surface area contributed by atoms with E-state index in [4.69, 9.17) is 4.74 Å². The second kappa shape index (κ2) is 7.33. The molecule has 2 aromatic carbocycles. The Morgan fingerprint density at radius 3 is 2.29 bits per heavy atom. The highest BCUT2D eigenvalue weighted by molar-refractivity contribution is 5.64. The quantitative estimate of drug-likeness (QED) is 0.723. The summed E-state index contributed by atoms with van der Waals surface area (Å²) in [5.74, 6) is -0.333. The number of rotatable bonds is 4. The van der Waals surface area contributed by atoms with Crippen LogP contribution in [0.15, 0.2) is 48.5 Å². The van der Waals surface area contributed by atoms with Crippen LogP contribution >= 0.6 is 0 Å². The lowest BCUT2D eigenvalue weighted by Gasteiger charge is -2.30. The van der Waals surface area contributed by atoms with Gasteiger partial charge in [0.25, 0.3) is 0 Å². The van der Waals surface area contributed by atoms with Crippen LogP contribution in [0, 0.1) is 11.6 Å². The average Bonchev–Trinajstić information content (AvgIpc) is 3.07.